The van der Waals surface area contributed by atoms with Gasteiger partial charge in [0.25, 0.3) is 0 Å². The first kappa shape index (κ1) is 122. The third kappa shape index (κ3) is 58.1. The van der Waals surface area contributed by atoms with E-state index in [9.17, 15) is 93.5 Å². The van der Waals surface area contributed by atoms with E-state index in [0.29, 0.717) is 40.2 Å². The number of sulfonamides is 2. The lowest BCUT2D eigenvalue weighted by Crippen LogP contribution is -2.41. The summed E-state index contributed by atoms with van der Waals surface area (Å²) in [5.74, 6) is -11.7. The zero-order valence-electron chi connectivity index (χ0n) is 80.5. The fourth-order valence-electron chi connectivity index (χ4n) is 13.4. The normalized spacial score (nSPS) is 11.6. The van der Waals surface area contributed by atoms with Crippen molar-refractivity contribution in [1.29, 1.82) is 0 Å². The Hall–Kier alpha value is -14.5. The second-order valence-corrected chi connectivity index (χ2v) is 36.8. The first-order chi connectivity index (χ1) is 68.8. The van der Waals surface area contributed by atoms with Crippen LogP contribution in [0.25, 0.3) is 0 Å². The number of carboxylic acids is 6. The van der Waals surface area contributed by atoms with Crippen molar-refractivity contribution in [3.63, 3.8) is 0 Å². The molecule has 8 aromatic rings. The van der Waals surface area contributed by atoms with Crippen LogP contribution in [-0.4, -0.2) is 281 Å². The average molecular weight is 2040 g/mol. The number of hydrogen-bond donors (Lipinski definition) is 7. The van der Waals surface area contributed by atoms with E-state index in [-0.39, 0.29) is 140 Å². The number of nitrogens with two attached hydrogens (primary N) is 1. The van der Waals surface area contributed by atoms with Gasteiger partial charge in [0.2, 0.25) is 26.0 Å². The minimum Gasteiger partial charge on any atom is -0.480 e. The van der Waals surface area contributed by atoms with Gasteiger partial charge in [0.05, 0.1) is 89.2 Å². The zero-order chi connectivity index (χ0) is 106. The fourth-order valence-corrected chi connectivity index (χ4v) is 16.3. The third-order valence-electron chi connectivity index (χ3n) is 20.2. The van der Waals surface area contributed by atoms with Crippen LogP contribution in [0.15, 0.2) is 248 Å². The molecule has 0 bridgehead atoms. The van der Waals surface area contributed by atoms with Crippen molar-refractivity contribution in [2.45, 2.75) is 142 Å². The van der Waals surface area contributed by atoms with Crippen LogP contribution in [0.1, 0.15) is 130 Å². The van der Waals surface area contributed by atoms with E-state index in [1.807, 2.05) is 166 Å². The smallest absolute Gasteiger partial charge is 0.321 e. The molecule has 1 fully saturated rings. The minimum absolute atomic E-state index is 0.00555. The molecule has 1 amide bonds. The summed E-state index contributed by atoms with van der Waals surface area (Å²) in [5.41, 5.74) is 10.7. The number of Topliss-reactive ketones (excluding diaryl/α,β-unsaturated/α-hetero) is 3. The molecule has 0 saturated heterocycles. The first-order valence-corrected chi connectivity index (χ1v) is 49.1. The number of hydrogen-bond acceptors (Lipinski definition) is 30. The number of unbranched alkanes of at least 4 members (excludes halogenated alkanes) is 3. The van der Waals surface area contributed by atoms with Gasteiger partial charge in [0.15, 0.2) is 5.78 Å². The summed E-state index contributed by atoms with van der Waals surface area (Å²) in [4.78, 5) is 189. The second kappa shape index (κ2) is 70.2. The van der Waals surface area contributed by atoms with Crippen LogP contribution in [0.5, 0.6) is 0 Å². The quantitative estimate of drug-likeness (QED) is 0.0106. The molecule has 778 valence electrons. The Balaban J connectivity index is 0.000000361. The van der Waals surface area contributed by atoms with Gasteiger partial charge in [0, 0.05) is 19.3 Å². The molecule has 41 heteroatoms. The van der Waals surface area contributed by atoms with E-state index in [4.69, 9.17) is 64.8 Å². The molecule has 0 aromatic heterocycles. The lowest BCUT2D eigenvalue weighted by atomic mass is 9.86. The van der Waals surface area contributed by atoms with E-state index in [1.54, 1.807) is 66.7 Å². The van der Waals surface area contributed by atoms with Crippen molar-refractivity contribution >= 4 is 115 Å². The second-order valence-electron chi connectivity index (χ2n) is 32.8. The van der Waals surface area contributed by atoms with Gasteiger partial charge < -0.3 is 64.8 Å². The highest BCUT2D eigenvalue weighted by Gasteiger charge is 2.32. The summed E-state index contributed by atoms with van der Waals surface area (Å²) >= 11 is 0. The van der Waals surface area contributed by atoms with Crippen LogP contribution in [-0.2, 0) is 171 Å². The van der Waals surface area contributed by atoms with E-state index in [1.165, 1.54) is 45.4 Å². The average Bonchev–Trinajstić information content (AvgIpc) is 0.809. The molecule has 0 radical (unpaired) electrons. The summed E-state index contributed by atoms with van der Waals surface area (Å²) in [5, 5.41) is 53.4. The highest BCUT2D eigenvalue weighted by atomic mass is 32.2. The molecule has 8 N–H and O–H groups in total. The number of benzene rings is 8. The van der Waals surface area contributed by atoms with Crippen molar-refractivity contribution in [3.05, 3.63) is 282 Å². The number of primary amides is 1. The Morgan fingerprint density at radius 2 is 0.556 bits per heavy atom. The van der Waals surface area contributed by atoms with Gasteiger partial charge in [-0.3, -0.25) is 96.3 Å². The minimum atomic E-state index is -4.12. The molecular formula is C103H127N7O32S2. The standard InChI is InChI=1S/C20H27NO5.C20H21NO5.C18H25NO5.C17H17NO6S.C15H21NO6S.C13H16N2O5/c2*22-18(11-16-7-3-1-4-8-16)12-21(13-19(23)24)14-20(25)26-15-17-9-5-2-6-10-17;1-2-3-5-10-16(20)11-19(12-17(21)22)13-18(23)24-14-15-8-6-4-7-9-15;19-16(20)11-18(25(22,23)15-9-5-2-6-10-15)12-17(21)24-13-14-7-3-1-4-8-14;1-2-3-9-23(20,21)16(10-14(17)18)11-15(19)22-12-13-7-5-4-6-8-13;14-11(16)6-15(7-12(17)18)8-13(19)20-9-10-4-2-1-3-5-10/h2,5-6,9-10,16H,1,3-4,7-8,11-15H2,(H,23,24);1-10H,11-15H2,(H,23,24);4,6-9H,2-3,5,10-14H2,1H3,(H,21,22);1-10H,11-13H2,(H,19,20);4-8H,2-3,9-12H2,1H3,(H,17,18);1-5H,6-9H2,(H2,14,16)(H,17,18). The van der Waals surface area contributed by atoms with E-state index in [2.05, 4.69) is 0 Å². The van der Waals surface area contributed by atoms with Crippen molar-refractivity contribution in [2.24, 2.45) is 11.7 Å². The van der Waals surface area contributed by atoms with Crippen LogP contribution in [0.2, 0.25) is 0 Å². The number of ketones is 3. The number of rotatable bonds is 58. The molecule has 0 spiro atoms. The van der Waals surface area contributed by atoms with Crippen molar-refractivity contribution in [2.75, 3.05) is 110 Å². The number of carbonyl (C=O) groups excluding carboxylic acids is 10. The van der Waals surface area contributed by atoms with Crippen molar-refractivity contribution < 1.29 is 153 Å². The summed E-state index contributed by atoms with van der Waals surface area (Å²) in [6.45, 7) is -1.59. The van der Waals surface area contributed by atoms with E-state index >= 15 is 0 Å². The Morgan fingerprint density at radius 1 is 0.292 bits per heavy atom. The van der Waals surface area contributed by atoms with Crippen LogP contribution < -0.4 is 5.73 Å². The van der Waals surface area contributed by atoms with Crippen LogP contribution in [0.3, 0.4) is 0 Å². The van der Waals surface area contributed by atoms with Crippen LogP contribution in [0, 0.1) is 5.92 Å². The predicted molar refractivity (Wildman–Crippen MR) is 524 cm³/mol. The van der Waals surface area contributed by atoms with E-state index < -0.39 is 137 Å². The number of esters is 6. The molecule has 9 rings (SSSR count). The Bertz CT molecular complexity index is 5490. The van der Waals surface area contributed by atoms with Gasteiger partial charge in [-0.2, -0.15) is 8.61 Å². The van der Waals surface area contributed by atoms with Gasteiger partial charge >= 0.3 is 71.6 Å². The fraction of sp³-hybridized carbons (Fsp3) is 0.379. The molecule has 144 heavy (non-hydrogen) atoms. The number of amides is 1. The predicted octanol–water partition coefficient (Wildman–Crippen LogP) is 9.20. The summed E-state index contributed by atoms with van der Waals surface area (Å²) in [6.07, 6.45) is 10.5. The maximum absolute atomic E-state index is 12.5. The van der Waals surface area contributed by atoms with Crippen molar-refractivity contribution in [3.8, 4) is 0 Å². The molecular weight excluding hydrogens is 1910 g/mol. The number of carboxylic acid groups (broad SMARTS) is 6. The van der Waals surface area contributed by atoms with Gasteiger partial charge in [-0.05, 0) is 69.8 Å². The SMILES string of the molecule is CCCCCC(=O)CN(CC(=O)O)CC(=O)OCc1ccccc1.CCCCS(=O)(=O)N(CC(=O)O)CC(=O)OCc1ccccc1.NC(=O)CN(CC(=O)O)CC(=O)OCc1ccccc1.O=C(O)CN(CC(=O)CC1CCCCC1)CC(=O)OCc1ccccc1.O=C(O)CN(CC(=O)Cc1ccccc1)CC(=O)OCc1ccccc1.O=C(O)CN(CC(=O)OCc1ccccc1)S(=O)(=O)c1ccccc1. The molecule has 0 aliphatic heterocycles. The maximum Gasteiger partial charge on any atom is 0.321 e. The van der Waals surface area contributed by atoms with Gasteiger partial charge in [0.1, 0.15) is 77.4 Å². The Labute approximate surface area is 836 Å². The molecule has 0 atom stereocenters. The third-order valence-corrected chi connectivity index (χ3v) is 23.8. The Kier molecular flexibility index (Phi) is 59.4. The highest BCUT2D eigenvalue weighted by molar-refractivity contribution is 7.89. The summed E-state index contributed by atoms with van der Waals surface area (Å²) in [6, 6.07) is 71.0. The lowest BCUT2D eigenvalue weighted by molar-refractivity contribution is -0.149. The maximum atomic E-state index is 12.5. The topological polar surface area (TPSA) is 564 Å². The number of nitrogens with zero attached hydrogens (tertiary/aromatic N) is 6. The molecule has 39 nitrogen and oxygen atoms in total. The molecule has 1 aliphatic carbocycles. The van der Waals surface area contributed by atoms with Gasteiger partial charge in [-0.1, -0.05) is 296 Å². The molecule has 1 saturated carbocycles. The molecule has 1 aliphatic rings. The number of aliphatic carboxylic acids is 6. The Morgan fingerprint density at radius 3 is 0.854 bits per heavy atom. The lowest BCUT2D eigenvalue weighted by Gasteiger charge is -2.23. The van der Waals surface area contributed by atoms with Crippen LogP contribution >= 0.6 is 0 Å². The van der Waals surface area contributed by atoms with Crippen molar-refractivity contribution in [1.82, 2.24) is 28.2 Å². The number of ether oxygens (including phenoxy) is 6. The monoisotopic (exact) mass is 2040 g/mol. The zero-order valence-corrected chi connectivity index (χ0v) is 82.1. The highest BCUT2D eigenvalue weighted by Crippen LogP contribution is 2.27. The largest absolute Gasteiger partial charge is 0.480 e. The first-order valence-electron chi connectivity index (χ1n) is 46.1. The summed E-state index contributed by atoms with van der Waals surface area (Å²) in [7, 11) is -7.93. The van der Waals surface area contributed by atoms with Gasteiger partial charge in [-0.15, -0.1) is 0 Å². The molecule has 0 unspecified atom stereocenters. The summed E-state index contributed by atoms with van der Waals surface area (Å²) < 4.78 is 81.0. The van der Waals surface area contributed by atoms with Crippen LogP contribution in [0.4, 0.5) is 0 Å². The number of carbonyl (C=O) groups is 16. The van der Waals surface area contributed by atoms with E-state index in [0.717, 1.165) is 88.8 Å². The molecule has 0 heterocycles. The molecule has 8 aromatic carbocycles. The van der Waals surface area contributed by atoms with Gasteiger partial charge in [-0.25, -0.2) is 16.8 Å².